The Morgan fingerprint density at radius 1 is 1.42 bits per heavy atom. The van der Waals surface area contributed by atoms with E-state index in [4.69, 9.17) is 11.6 Å². The summed E-state index contributed by atoms with van der Waals surface area (Å²) in [7, 11) is -2.89. The van der Waals surface area contributed by atoms with Gasteiger partial charge in [0.15, 0.2) is 0 Å². The maximum absolute atomic E-state index is 9.98. The zero-order valence-electron chi connectivity index (χ0n) is 5.86. The molecule has 0 heterocycles. The normalized spacial score (nSPS) is 10.2. The molecule has 12 heavy (non-hydrogen) atoms. The summed E-state index contributed by atoms with van der Waals surface area (Å²) in [5.41, 5.74) is 2.69. The van der Waals surface area contributed by atoms with E-state index in [-0.39, 0.29) is 0 Å². The van der Waals surface area contributed by atoms with Crippen LogP contribution in [0.4, 0.5) is 5.69 Å². The van der Waals surface area contributed by atoms with E-state index < -0.39 is 11.0 Å². The fourth-order valence-electron chi connectivity index (χ4n) is 0.642. The molecule has 0 unspecified atom stereocenters. The first-order valence-electron chi connectivity index (χ1n) is 3.01. The number of rotatable bonds is 3. The molecule has 1 aromatic carbocycles. The van der Waals surface area contributed by atoms with Gasteiger partial charge in [0.2, 0.25) is 0 Å². The third-order valence-electron chi connectivity index (χ3n) is 1.06. The number of halogens is 1. The molecule has 6 heteroatoms. The number of thiol groups is 1. The minimum absolute atomic E-state index is 0.488. The van der Waals surface area contributed by atoms with Crippen LogP contribution in [0.5, 0.6) is 0 Å². The van der Waals surface area contributed by atoms with Crippen LogP contribution in [0.1, 0.15) is 0 Å². The van der Waals surface area contributed by atoms with Crippen molar-refractivity contribution in [3.05, 3.63) is 29.3 Å². The van der Waals surface area contributed by atoms with Gasteiger partial charge >= 0.3 is 0 Å². The van der Waals surface area contributed by atoms with E-state index in [9.17, 15) is 8.42 Å². The second-order valence-corrected chi connectivity index (χ2v) is 2.99. The molecule has 0 bridgehead atoms. The van der Waals surface area contributed by atoms with E-state index in [2.05, 4.69) is 9.76 Å². The average Bonchev–Trinajstić information content (AvgIpc) is 2.01. The maximum Gasteiger partial charge on any atom is 0.277 e. The van der Waals surface area contributed by atoms with Gasteiger partial charge in [0.1, 0.15) is 0 Å². The molecule has 0 aliphatic carbocycles. The predicted molar refractivity (Wildman–Crippen MR) is 46.5 cm³/mol. The molecule has 0 atom stereocenters. The molecular weight excluding hydrogens is 202 g/mol. The molecule has 0 spiro atoms. The van der Waals surface area contributed by atoms with Gasteiger partial charge in [-0.3, -0.25) is 0 Å². The summed E-state index contributed by atoms with van der Waals surface area (Å²) in [6.45, 7) is 0. The Balaban J connectivity index is 2.63. The van der Waals surface area contributed by atoms with Crippen molar-refractivity contribution >= 4 is 28.3 Å². The Kier molecular flexibility index (Phi) is 3.33. The molecule has 0 radical (unpaired) electrons. The van der Waals surface area contributed by atoms with Crippen molar-refractivity contribution in [3.63, 3.8) is 0 Å². The summed E-state index contributed by atoms with van der Waals surface area (Å²) in [6.07, 6.45) is 0. The molecule has 0 fully saturated rings. The van der Waals surface area contributed by atoms with E-state index in [0.717, 1.165) is 0 Å². The third-order valence-corrected chi connectivity index (χ3v) is 1.54. The zero-order valence-corrected chi connectivity index (χ0v) is 7.51. The maximum atomic E-state index is 9.98. The third kappa shape index (κ3) is 3.08. The highest BCUT2D eigenvalue weighted by Crippen LogP contribution is 2.14. The fourth-order valence-corrected chi connectivity index (χ4v) is 1.01. The predicted octanol–water partition coefficient (Wildman–Crippen LogP) is 1.21. The van der Waals surface area contributed by atoms with Crippen molar-refractivity contribution in [2.45, 2.75) is 0 Å². The first kappa shape index (κ1) is 9.31. The Bertz CT molecular complexity index is 331. The largest absolute Gasteiger partial charge is 0.277 e. The van der Waals surface area contributed by atoms with Crippen LogP contribution < -0.4 is 5.48 Å². The highest BCUT2D eigenvalue weighted by atomic mass is 35.5. The smallest absolute Gasteiger partial charge is 0.250 e. The lowest BCUT2D eigenvalue weighted by molar-refractivity contribution is 0.410. The van der Waals surface area contributed by atoms with Crippen LogP contribution in [0.3, 0.4) is 0 Å². The Hall–Kier alpha value is -0.780. The Labute approximate surface area is 76.2 Å². The molecule has 66 valence electrons. The number of benzene rings is 1. The molecule has 0 saturated carbocycles. The van der Waals surface area contributed by atoms with Crippen LogP contribution in [0.15, 0.2) is 24.3 Å². The SMILES string of the molecule is O=[SH](=O)ONc1cccc(Cl)c1. The lowest BCUT2D eigenvalue weighted by Gasteiger charge is -2.00. The van der Waals surface area contributed by atoms with Crippen LogP contribution in [0.2, 0.25) is 5.02 Å². The van der Waals surface area contributed by atoms with Gasteiger partial charge in [0, 0.05) is 5.02 Å². The van der Waals surface area contributed by atoms with Crippen molar-refractivity contribution in [1.29, 1.82) is 0 Å². The molecule has 0 aliphatic heterocycles. The van der Waals surface area contributed by atoms with E-state index in [1.54, 1.807) is 24.3 Å². The first-order valence-corrected chi connectivity index (χ1v) is 4.49. The van der Waals surface area contributed by atoms with E-state index in [0.29, 0.717) is 10.7 Å². The number of hydrogen-bond acceptors (Lipinski definition) is 4. The number of hydrogen-bond donors (Lipinski definition) is 2. The van der Waals surface area contributed by atoms with Crippen LogP contribution in [0, 0.1) is 0 Å². The van der Waals surface area contributed by atoms with Crippen molar-refractivity contribution in [2.75, 3.05) is 5.48 Å². The minimum Gasteiger partial charge on any atom is -0.250 e. The molecule has 1 rings (SSSR count). The highest BCUT2D eigenvalue weighted by Gasteiger charge is 1.92. The van der Waals surface area contributed by atoms with Gasteiger partial charge in [0.05, 0.1) is 5.69 Å². The number of anilines is 1. The zero-order chi connectivity index (χ0) is 8.97. The molecule has 1 N–H and O–H groups in total. The van der Waals surface area contributed by atoms with Crippen molar-refractivity contribution < 1.29 is 12.7 Å². The van der Waals surface area contributed by atoms with Gasteiger partial charge in [-0.15, -0.1) is 0 Å². The van der Waals surface area contributed by atoms with Gasteiger partial charge < -0.3 is 0 Å². The Morgan fingerprint density at radius 2 is 2.17 bits per heavy atom. The lowest BCUT2D eigenvalue weighted by Crippen LogP contribution is -1.98. The van der Waals surface area contributed by atoms with Crippen LogP contribution >= 0.6 is 11.6 Å². The molecule has 1 aromatic rings. The summed E-state index contributed by atoms with van der Waals surface area (Å²) in [4.78, 5) is 0. The van der Waals surface area contributed by atoms with Crippen molar-refractivity contribution in [2.24, 2.45) is 0 Å². The van der Waals surface area contributed by atoms with Crippen molar-refractivity contribution in [1.82, 2.24) is 0 Å². The summed E-state index contributed by atoms with van der Waals surface area (Å²) < 4.78 is 24.1. The molecular formula is C6H6ClNO3S. The van der Waals surface area contributed by atoms with Gasteiger partial charge in [-0.05, 0) is 18.2 Å². The van der Waals surface area contributed by atoms with E-state index in [1.807, 2.05) is 0 Å². The summed E-state index contributed by atoms with van der Waals surface area (Å²) in [5.74, 6) is 0. The van der Waals surface area contributed by atoms with Crippen molar-refractivity contribution in [3.8, 4) is 0 Å². The molecule has 4 nitrogen and oxygen atoms in total. The average molecular weight is 208 g/mol. The van der Waals surface area contributed by atoms with E-state index >= 15 is 0 Å². The van der Waals surface area contributed by atoms with Crippen LogP contribution in [-0.4, -0.2) is 8.42 Å². The highest BCUT2D eigenvalue weighted by molar-refractivity contribution is 7.67. The topological polar surface area (TPSA) is 55.4 Å². The summed E-state index contributed by atoms with van der Waals surface area (Å²) in [5, 5.41) is 0.504. The quantitative estimate of drug-likeness (QED) is 0.578. The molecule has 0 saturated heterocycles. The second kappa shape index (κ2) is 4.30. The minimum atomic E-state index is -2.89. The Morgan fingerprint density at radius 3 is 2.75 bits per heavy atom. The van der Waals surface area contributed by atoms with Crippen LogP contribution in [0.25, 0.3) is 0 Å². The molecule has 0 aliphatic rings. The lowest BCUT2D eigenvalue weighted by atomic mass is 10.3. The van der Waals surface area contributed by atoms with Gasteiger partial charge in [-0.1, -0.05) is 17.7 Å². The van der Waals surface area contributed by atoms with Gasteiger partial charge in [0.25, 0.3) is 11.0 Å². The second-order valence-electron chi connectivity index (χ2n) is 1.93. The first-order chi connectivity index (χ1) is 5.68. The summed E-state index contributed by atoms with van der Waals surface area (Å²) in [6, 6.07) is 6.51. The van der Waals surface area contributed by atoms with Crippen LogP contribution in [-0.2, 0) is 15.3 Å². The van der Waals surface area contributed by atoms with E-state index in [1.165, 1.54) is 0 Å². The monoisotopic (exact) mass is 207 g/mol. The van der Waals surface area contributed by atoms with Gasteiger partial charge in [-0.2, -0.15) is 4.28 Å². The molecule has 0 aromatic heterocycles. The molecule has 0 amide bonds. The fraction of sp³-hybridized carbons (Fsp3) is 0. The standard InChI is InChI=1S/C6H6ClNO3S/c7-5-2-1-3-6(4-5)8-11-12(9)10/h1-4,8,12H. The number of nitrogens with one attached hydrogen (secondary N) is 1. The van der Waals surface area contributed by atoms with Gasteiger partial charge in [-0.25, -0.2) is 13.9 Å². The summed E-state index contributed by atoms with van der Waals surface area (Å²) >= 11 is 5.61.